The molecule has 0 N–H and O–H groups in total. The summed E-state index contributed by atoms with van der Waals surface area (Å²) < 4.78 is 0. The minimum absolute atomic E-state index is 0.498. The summed E-state index contributed by atoms with van der Waals surface area (Å²) in [5.74, 6) is 0. The highest BCUT2D eigenvalue weighted by Crippen LogP contribution is 2.19. The minimum atomic E-state index is 0.498. The smallest absolute Gasteiger partial charge is 0.105 e. The molecule has 1 aromatic carbocycles. The first-order chi connectivity index (χ1) is 7.85. The van der Waals surface area contributed by atoms with E-state index in [0.29, 0.717) is 6.17 Å². The van der Waals surface area contributed by atoms with Crippen molar-refractivity contribution in [1.82, 2.24) is 9.80 Å². The standard InChI is InChI=1S/C14H20N2/c1-3-15-10-11-16(4-2)14(15)12-13-8-6-5-7-9-13/h5-11,14H,3-4,12H2,1-2H3. The predicted molar refractivity (Wildman–Crippen MR) is 67.8 cm³/mol. The van der Waals surface area contributed by atoms with E-state index in [1.165, 1.54) is 5.56 Å². The van der Waals surface area contributed by atoms with Crippen molar-refractivity contribution in [2.45, 2.75) is 26.4 Å². The maximum Gasteiger partial charge on any atom is 0.105 e. The van der Waals surface area contributed by atoms with Crippen molar-refractivity contribution in [3.8, 4) is 0 Å². The number of likely N-dealkylation sites (N-methyl/N-ethyl adjacent to an activating group) is 2. The highest BCUT2D eigenvalue weighted by Gasteiger charge is 2.23. The van der Waals surface area contributed by atoms with Crippen LogP contribution in [-0.4, -0.2) is 29.1 Å². The van der Waals surface area contributed by atoms with Gasteiger partial charge in [-0.15, -0.1) is 0 Å². The van der Waals surface area contributed by atoms with Gasteiger partial charge in [0.15, 0.2) is 0 Å². The topological polar surface area (TPSA) is 6.48 Å². The van der Waals surface area contributed by atoms with E-state index >= 15 is 0 Å². The Morgan fingerprint density at radius 3 is 2.00 bits per heavy atom. The molecule has 0 fully saturated rings. The van der Waals surface area contributed by atoms with Gasteiger partial charge in [0.25, 0.3) is 0 Å². The van der Waals surface area contributed by atoms with Crippen LogP contribution in [0.1, 0.15) is 19.4 Å². The van der Waals surface area contributed by atoms with Crippen LogP contribution >= 0.6 is 0 Å². The molecule has 0 aliphatic carbocycles. The lowest BCUT2D eigenvalue weighted by Gasteiger charge is -2.31. The monoisotopic (exact) mass is 216 g/mol. The van der Waals surface area contributed by atoms with Gasteiger partial charge in [-0.3, -0.25) is 0 Å². The van der Waals surface area contributed by atoms with Crippen molar-refractivity contribution in [3.05, 3.63) is 48.3 Å². The van der Waals surface area contributed by atoms with Crippen LogP contribution < -0.4 is 0 Å². The van der Waals surface area contributed by atoms with Crippen molar-refractivity contribution in [2.75, 3.05) is 13.1 Å². The van der Waals surface area contributed by atoms with Crippen molar-refractivity contribution in [1.29, 1.82) is 0 Å². The number of nitrogens with zero attached hydrogens (tertiary/aromatic N) is 2. The van der Waals surface area contributed by atoms with Crippen molar-refractivity contribution in [2.24, 2.45) is 0 Å². The fourth-order valence-electron chi connectivity index (χ4n) is 2.25. The lowest BCUT2D eigenvalue weighted by Crippen LogP contribution is -2.40. The van der Waals surface area contributed by atoms with Crippen molar-refractivity contribution >= 4 is 0 Å². The maximum absolute atomic E-state index is 2.40. The Morgan fingerprint density at radius 2 is 1.50 bits per heavy atom. The highest BCUT2D eigenvalue weighted by atomic mass is 15.4. The summed E-state index contributed by atoms with van der Waals surface area (Å²) in [6.45, 7) is 6.57. The molecule has 0 unspecified atom stereocenters. The van der Waals surface area contributed by atoms with Gasteiger partial charge in [-0.05, 0) is 19.4 Å². The molecule has 1 aromatic rings. The summed E-state index contributed by atoms with van der Waals surface area (Å²) in [7, 11) is 0. The molecule has 0 atom stereocenters. The quantitative estimate of drug-likeness (QED) is 0.763. The molecular weight excluding hydrogens is 196 g/mol. The summed E-state index contributed by atoms with van der Waals surface area (Å²) in [5.41, 5.74) is 1.41. The molecule has 0 radical (unpaired) electrons. The number of benzene rings is 1. The van der Waals surface area contributed by atoms with Crippen LogP contribution in [0.15, 0.2) is 42.7 Å². The summed E-state index contributed by atoms with van der Waals surface area (Å²) in [5, 5.41) is 0. The van der Waals surface area contributed by atoms with E-state index in [0.717, 1.165) is 19.5 Å². The third-order valence-corrected chi connectivity index (χ3v) is 3.21. The number of hydrogen-bond acceptors (Lipinski definition) is 2. The zero-order valence-corrected chi connectivity index (χ0v) is 10.1. The first-order valence-corrected chi connectivity index (χ1v) is 6.09. The van der Waals surface area contributed by atoms with Crippen molar-refractivity contribution in [3.63, 3.8) is 0 Å². The summed E-state index contributed by atoms with van der Waals surface area (Å²) in [4.78, 5) is 4.80. The zero-order chi connectivity index (χ0) is 11.4. The molecule has 2 heteroatoms. The molecule has 0 bridgehead atoms. The fourth-order valence-corrected chi connectivity index (χ4v) is 2.25. The Bertz CT molecular complexity index is 331. The van der Waals surface area contributed by atoms with E-state index in [9.17, 15) is 0 Å². The Hall–Kier alpha value is -1.44. The van der Waals surface area contributed by atoms with Crippen molar-refractivity contribution < 1.29 is 0 Å². The van der Waals surface area contributed by atoms with Crippen LogP contribution in [0.3, 0.4) is 0 Å². The van der Waals surface area contributed by atoms with Gasteiger partial charge in [0.2, 0.25) is 0 Å². The predicted octanol–water partition coefficient (Wildman–Crippen LogP) is 2.68. The van der Waals surface area contributed by atoms with E-state index in [2.05, 4.69) is 66.4 Å². The highest BCUT2D eigenvalue weighted by molar-refractivity contribution is 5.17. The van der Waals surface area contributed by atoms with Gasteiger partial charge in [-0.25, -0.2) is 0 Å². The average Bonchev–Trinajstić information content (AvgIpc) is 2.72. The molecule has 2 nitrogen and oxygen atoms in total. The van der Waals surface area contributed by atoms with Crippen LogP contribution in [0.4, 0.5) is 0 Å². The molecular formula is C14H20N2. The second-order valence-corrected chi connectivity index (χ2v) is 4.13. The number of hydrogen-bond donors (Lipinski definition) is 0. The SMILES string of the molecule is CCN1C=CN(CC)C1Cc1ccccc1. The van der Waals surface area contributed by atoms with E-state index in [1.54, 1.807) is 0 Å². The fraction of sp³-hybridized carbons (Fsp3) is 0.429. The van der Waals surface area contributed by atoms with Crippen LogP contribution in [0.2, 0.25) is 0 Å². The maximum atomic E-state index is 2.40. The van der Waals surface area contributed by atoms with E-state index in [-0.39, 0.29) is 0 Å². The molecule has 86 valence electrons. The Morgan fingerprint density at radius 1 is 0.938 bits per heavy atom. The van der Waals surface area contributed by atoms with Crippen LogP contribution in [0.25, 0.3) is 0 Å². The van der Waals surface area contributed by atoms with Crippen LogP contribution in [-0.2, 0) is 6.42 Å². The summed E-state index contributed by atoms with van der Waals surface area (Å²) >= 11 is 0. The van der Waals surface area contributed by atoms with E-state index < -0.39 is 0 Å². The molecule has 1 heterocycles. The van der Waals surface area contributed by atoms with Crippen LogP contribution in [0, 0.1) is 0 Å². The lowest BCUT2D eigenvalue weighted by atomic mass is 10.1. The molecule has 16 heavy (non-hydrogen) atoms. The van der Waals surface area contributed by atoms with Gasteiger partial charge < -0.3 is 9.80 Å². The molecule has 0 saturated heterocycles. The van der Waals surface area contributed by atoms with Gasteiger partial charge in [-0.2, -0.15) is 0 Å². The summed E-state index contributed by atoms with van der Waals surface area (Å²) in [6, 6.07) is 10.7. The molecule has 2 rings (SSSR count). The second-order valence-electron chi connectivity index (χ2n) is 4.13. The third kappa shape index (κ3) is 2.21. The number of rotatable bonds is 4. The Balaban J connectivity index is 2.07. The van der Waals surface area contributed by atoms with Gasteiger partial charge >= 0.3 is 0 Å². The first-order valence-electron chi connectivity index (χ1n) is 6.09. The van der Waals surface area contributed by atoms with Gasteiger partial charge in [-0.1, -0.05) is 30.3 Å². The first kappa shape index (κ1) is 11.1. The van der Waals surface area contributed by atoms with E-state index in [4.69, 9.17) is 0 Å². The Kier molecular flexibility index (Phi) is 3.50. The zero-order valence-electron chi connectivity index (χ0n) is 10.1. The normalized spacial score (nSPS) is 16.1. The molecule has 1 aliphatic heterocycles. The minimum Gasteiger partial charge on any atom is -0.356 e. The van der Waals surface area contributed by atoms with Gasteiger partial charge in [0.1, 0.15) is 6.17 Å². The average molecular weight is 216 g/mol. The largest absolute Gasteiger partial charge is 0.356 e. The van der Waals surface area contributed by atoms with E-state index in [1.807, 2.05) is 0 Å². The second kappa shape index (κ2) is 5.06. The molecule has 0 spiro atoms. The lowest BCUT2D eigenvalue weighted by molar-refractivity contribution is 0.163. The summed E-state index contributed by atoms with van der Waals surface area (Å²) in [6.07, 6.45) is 6.00. The van der Waals surface area contributed by atoms with Gasteiger partial charge in [0.05, 0.1) is 0 Å². The van der Waals surface area contributed by atoms with Crippen LogP contribution in [0.5, 0.6) is 0 Å². The molecule has 0 aromatic heterocycles. The Labute approximate surface area is 98.2 Å². The molecule has 0 amide bonds. The molecule has 0 saturated carbocycles. The third-order valence-electron chi connectivity index (χ3n) is 3.21. The van der Waals surface area contributed by atoms with Gasteiger partial charge in [0, 0.05) is 31.9 Å². The molecule has 1 aliphatic rings.